The molecule has 4 atom stereocenters. The smallest absolute Gasteiger partial charge is 0.226 e. The Kier molecular flexibility index (Phi) is 9.91. The highest BCUT2D eigenvalue weighted by molar-refractivity contribution is 6.74. The van der Waals surface area contributed by atoms with E-state index in [9.17, 15) is 5.53 Å². The summed E-state index contributed by atoms with van der Waals surface area (Å²) in [6, 6.07) is 27.1. The molecule has 0 amide bonds. The van der Waals surface area contributed by atoms with Gasteiger partial charge >= 0.3 is 0 Å². The summed E-state index contributed by atoms with van der Waals surface area (Å²) in [7, 11) is -0.838. The van der Waals surface area contributed by atoms with Crippen LogP contribution in [0, 0.1) is 0 Å². The van der Waals surface area contributed by atoms with Gasteiger partial charge in [-0.3, -0.25) is 4.57 Å². The van der Waals surface area contributed by atoms with E-state index in [0.717, 1.165) is 22.4 Å². The molecule has 2 N–H and O–H groups in total. The molecule has 1 aliphatic heterocycles. The molecule has 260 valence electrons. The Hall–Kier alpha value is -4.49. The van der Waals surface area contributed by atoms with Crippen molar-refractivity contribution in [3.05, 3.63) is 124 Å². The van der Waals surface area contributed by atoms with Gasteiger partial charge < -0.3 is 24.4 Å². The fourth-order valence-corrected chi connectivity index (χ4v) is 7.61. The molecule has 12 nitrogen and oxygen atoms in total. The second-order valence-corrected chi connectivity index (χ2v) is 18.9. The highest BCUT2D eigenvalue weighted by Gasteiger charge is 2.52. The van der Waals surface area contributed by atoms with E-state index in [1.165, 1.54) is 0 Å². The molecule has 0 bridgehead atoms. The number of nitrogens with two attached hydrogens (primary N) is 1. The minimum atomic E-state index is -2.47. The first-order valence-corrected chi connectivity index (χ1v) is 19.6. The molecule has 3 aromatic carbocycles. The van der Waals surface area contributed by atoms with Gasteiger partial charge in [0.05, 0.1) is 32.2 Å². The van der Waals surface area contributed by atoms with Crippen molar-refractivity contribution in [3.8, 4) is 5.75 Å². The molecular weight excluding hydrogens is 672 g/mol. The van der Waals surface area contributed by atoms with Gasteiger partial charge in [0.25, 0.3) is 0 Å². The third-order valence-corrected chi connectivity index (χ3v) is 14.4. The largest absolute Gasteiger partial charge is 0.497 e. The normalized spacial score (nSPS) is 19.7. The lowest BCUT2D eigenvalue weighted by atomic mass is 9.80. The number of benzene rings is 3. The molecule has 1 aliphatic rings. The standard InChI is InChI=1S/C36H41ClN8O4Si/c1-35(2,3)50(5,6)49-30-28(43-44-39)27(48-33(30)45-22-40-29-31(38)41-34(37)42-32(29)45)21-47-36(23-13-9-7-10-14-23,24-15-11-8-12-16-24)25-17-19-26(46-4)20-18-25/h7-20,22,27-28,30,33H,21H2,1-6H3,(H2,38,41,42)/t27-,28?,30?,33-/m1/s1. The maximum Gasteiger partial charge on any atom is 0.226 e. The number of methoxy groups -OCH3 is 1. The molecule has 3 heterocycles. The van der Waals surface area contributed by atoms with E-state index in [1.54, 1.807) is 18.0 Å². The Morgan fingerprint density at radius 3 is 2.12 bits per heavy atom. The maximum absolute atomic E-state index is 9.93. The summed E-state index contributed by atoms with van der Waals surface area (Å²) in [6.45, 7) is 10.8. The molecule has 5 aromatic rings. The third kappa shape index (κ3) is 6.56. The minimum absolute atomic E-state index is 0.0257. The summed E-state index contributed by atoms with van der Waals surface area (Å²) in [5.74, 6) is 0.858. The summed E-state index contributed by atoms with van der Waals surface area (Å²) < 4.78 is 28.3. The highest BCUT2D eigenvalue weighted by Crippen LogP contribution is 2.46. The van der Waals surface area contributed by atoms with E-state index in [0.29, 0.717) is 11.2 Å². The fraction of sp³-hybridized carbons (Fsp3) is 0.361. The molecule has 6 rings (SSSR count). The number of nitrogen functional groups attached to an aromatic ring is 1. The topological polar surface area (TPSA) is 155 Å². The Morgan fingerprint density at radius 1 is 0.960 bits per heavy atom. The fourth-order valence-electron chi connectivity index (χ4n) is 6.15. The van der Waals surface area contributed by atoms with Gasteiger partial charge in [0.15, 0.2) is 26.0 Å². The third-order valence-electron chi connectivity index (χ3n) is 9.75. The van der Waals surface area contributed by atoms with Crippen molar-refractivity contribution in [3.63, 3.8) is 0 Å². The van der Waals surface area contributed by atoms with Gasteiger partial charge in [-0.25, -0.2) is 4.98 Å². The van der Waals surface area contributed by atoms with Crippen molar-refractivity contribution in [2.24, 2.45) is 5.11 Å². The first kappa shape index (κ1) is 35.3. The van der Waals surface area contributed by atoms with E-state index in [1.807, 2.05) is 84.9 Å². The summed E-state index contributed by atoms with van der Waals surface area (Å²) >= 11 is 6.26. The molecule has 14 heteroatoms. The lowest BCUT2D eigenvalue weighted by Crippen LogP contribution is -2.48. The van der Waals surface area contributed by atoms with Crippen molar-refractivity contribution >= 4 is 36.9 Å². The molecule has 0 aliphatic carbocycles. The van der Waals surface area contributed by atoms with Crippen molar-refractivity contribution in [2.45, 2.75) is 69.0 Å². The van der Waals surface area contributed by atoms with Gasteiger partial charge in [0.1, 0.15) is 23.0 Å². The lowest BCUT2D eigenvalue weighted by molar-refractivity contribution is -0.0851. The van der Waals surface area contributed by atoms with Crippen LogP contribution in [0.2, 0.25) is 23.4 Å². The maximum atomic E-state index is 9.93. The van der Waals surface area contributed by atoms with Gasteiger partial charge in [0.2, 0.25) is 5.28 Å². The second kappa shape index (κ2) is 14.0. The first-order valence-electron chi connectivity index (χ1n) is 16.3. The predicted octanol–water partition coefficient (Wildman–Crippen LogP) is 8.05. The minimum Gasteiger partial charge on any atom is -0.497 e. The number of fused-ring (bicyclic) bond motifs is 1. The summed E-state index contributed by atoms with van der Waals surface area (Å²) in [5, 5.41) is 4.12. The average Bonchev–Trinajstić information content (AvgIpc) is 3.67. The second-order valence-electron chi connectivity index (χ2n) is 13.8. The van der Waals surface area contributed by atoms with Crippen molar-refractivity contribution in [1.29, 1.82) is 0 Å². The number of aromatic nitrogens is 4. The van der Waals surface area contributed by atoms with Gasteiger partial charge in [0, 0.05) is 4.91 Å². The van der Waals surface area contributed by atoms with E-state index < -0.39 is 38.4 Å². The van der Waals surface area contributed by atoms with Crippen LogP contribution in [0.25, 0.3) is 21.6 Å². The van der Waals surface area contributed by atoms with Crippen molar-refractivity contribution in [1.82, 2.24) is 19.5 Å². The van der Waals surface area contributed by atoms with Crippen LogP contribution >= 0.6 is 11.6 Å². The number of hydrogen-bond acceptors (Lipinski definition) is 9. The Bertz CT molecular complexity index is 1940. The molecule has 50 heavy (non-hydrogen) atoms. The SMILES string of the molecule is COc1ccc(C(OC[C@H]2O[C@@H](n3cnc4c(N)nc(Cl)nc43)C(O[Si](C)(C)C(C)(C)C)C2N=[N+]=[N-])(c2ccccc2)c2ccccc2)cc1. The van der Waals surface area contributed by atoms with Crippen LogP contribution in [0.1, 0.15) is 43.7 Å². The summed E-state index contributed by atoms with van der Waals surface area (Å²) in [4.78, 5) is 16.3. The Labute approximate surface area is 297 Å². The van der Waals surface area contributed by atoms with Crippen LogP contribution in [0.4, 0.5) is 5.82 Å². The molecular formula is C36H41ClN8O4Si. The van der Waals surface area contributed by atoms with Crippen LogP contribution < -0.4 is 10.5 Å². The van der Waals surface area contributed by atoms with Crippen molar-refractivity contribution < 1.29 is 18.6 Å². The highest BCUT2D eigenvalue weighted by atomic mass is 35.5. The zero-order chi connectivity index (χ0) is 35.7. The molecule has 1 fully saturated rings. The number of ether oxygens (including phenoxy) is 3. The molecule has 0 radical (unpaired) electrons. The van der Waals surface area contributed by atoms with E-state index in [2.05, 4.69) is 58.8 Å². The molecule has 2 unspecified atom stereocenters. The van der Waals surface area contributed by atoms with Crippen LogP contribution in [0.15, 0.2) is 96.4 Å². The summed E-state index contributed by atoms with van der Waals surface area (Å²) in [5.41, 5.74) is 18.5. The van der Waals surface area contributed by atoms with Gasteiger partial charge in [-0.1, -0.05) is 98.7 Å². The first-order chi connectivity index (χ1) is 23.9. The van der Waals surface area contributed by atoms with Crippen molar-refractivity contribution in [2.75, 3.05) is 19.5 Å². The quantitative estimate of drug-likeness (QED) is 0.0360. The monoisotopic (exact) mass is 712 g/mol. The van der Waals surface area contributed by atoms with E-state index >= 15 is 0 Å². The van der Waals surface area contributed by atoms with Gasteiger partial charge in [-0.2, -0.15) is 9.97 Å². The van der Waals surface area contributed by atoms with Crippen LogP contribution in [-0.4, -0.2) is 59.8 Å². The zero-order valence-electron chi connectivity index (χ0n) is 28.9. The lowest BCUT2D eigenvalue weighted by Gasteiger charge is -2.40. The molecule has 2 aromatic heterocycles. The Morgan fingerprint density at radius 2 is 1.56 bits per heavy atom. The van der Waals surface area contributed by atoms with Gasteiger partial charge in [-0.15, -0.1) is 0 Å². The number of anilines is 1. The van der Waals surface area contributed by atoms with Crippen LogP contribution in [0.5, 0.6) is 5.75 Å². The molecule has 1 saturated heterocycles. The van der Waals surface area contributed by atoms with E-state index in [-0.39, 0.29) is 22.7 Å². The zero-order valence-corrected chi connectivity index (χ0v) is 30.7. The average molecular weight is 713 g/mol. The van der Waals surface area contributed by atoms with Gasteiger partial charge in [-0.05, 0) is 64.1 Å². The molecule has 0 spiro atoms. The van der Waals surface area contributed by atoms with Crippen LogP contribution in [-0.2, 0) is 19.5 Å². The predicted molar refractivity (Wildman–Crippen MR) is 195 cm³/mol. The van der Waals surface area contributed by atoms with Crippen LogP contribution in [0.3, 0.4) is 0 Å². The number of hydrogen-bond donors (Lipinski definition) is 1. The van der Waals surface area contributed by atoms with E-state index in [4.69, 9.17) is 36.0 Å². The number of nitrogens with zero attached hydrogens (tertiary/aromatic N) is 7. The number of halogens is 1. The summed E-state index contributed by atoms with van der Waals surface area (Å²) in [6.07, 6.45) is -0.711. The molecule has 0 saturated carbocycles. The number of imidazole rings is 1. The Balaban J connectivity index is 1.48. The number of azide groups is 1. The number of rotatable bonds is 11.